The summed E-state index contributed by atoms with van der Waals surface area (Å²) < 4.78 is 16.6. The summed E-state index contributed by atoms with van der Waals surface area (Å²) in [5, 5.41) is 3.00. The molecule has 0 radical (unpaired) electrons. The molecule has 1 aliphatic rings. The van der Waals surface area contributed by atoms with Gasteiger partial charge in [-0.2, -0.15) is 0 Å². The zero-order valence-electron chi connectivity index (χ0n) is 16.5. The maximum absolute atomic E-state index is 13.0. The Labute approximate surface area is 165 Å². The Balaban J connectivity index is 1.83. The van der Waals surface area contributed by atoms with Gasteiger partial charge in [-0.05, 0) is 35.8 Å². The number of benzene rings is 2. The molecule has 1 amide bonds. The highest BCUT2D eigenvalue weighted by Crippen LogP contribution is 2.38. The summed E-state index contributed by atoms with van der Waals surface area (Å²) in [7, 11) is 3.17. The molecule has 1 N–H and O–H groups in total. The van der Waals surface area contributed by atoms with Crippen LogP contribution in [0.1, 0.15) is 22.8 Å². The van der Waals surface area contributed by atoms with E-state index in [4.69, 9.17) is 14.2 Å². The zero-order valence-corrected chi connectivity index (χ0v) is 16.5. The molecule has 28 heavy (non-hydrogen) atoms. The number of methoxy groups -OCH3 is 2. The van der Waals surface area contributed by atoms with Gasteiger partial charge in [-0.3, -0.25) is 4.79 Å². The number of amides is 1. The van der Waals surface area contributed by atoms with Crippen LogP contribution in [-0.2, 0) is 16.1 Å². The van der Waals surface area contributed by atoms with Crippen LogP contribution in [0.2, 0.25) is 0 Å². The molecule has 0 saturated heterocycles. The van der Waals surface area contributed by atoms with E-state index in [1.54, 1.807) is 20.3 Å². The summed E-state index contributed by atoms with van der Waals surface area (Å²) in [6, 6.07) is 13.6. The van der Waals surface area contributed by atoms with Crippen LogP contribution < -0.4 is 14.8 Å². The highest BCUT2D eigenvalue weighted by atomic mass is 16.5. The molecule has 1 heterocycles. The van der Waals surface area contributed by atoms with Gasteiger partial charge in [0.15, 0.2) is 11.5 Å². The van der Waals surface area contributed by atoms with Gasteiger partial charge in [0.25, 0.3) is 5.91 Å². The van der Waals surface area contributed by atoms with Gasteiger partial charge in [0, 0.05) is 6.54 Å². The lowest BCUT2D eigenvalue weighted by atomic mass is 9.98. The van der Waals surface area contributed by atoms with Crippen LogP contribution in [-0.4, -0.2) is 26.7 Å². The first kappa shape index (κ1) is 19.7. The Morgan fingerprint density at radius 1 is 1.18 bits per heavy atom. The van der Waals surface area contributed by atoms with E-state index in [1.165, 1.54) is 5.56 Å². The summed E-state index contributed by atoms with van der Waals surface area (Å²) in [6.45, 7) is 6.66. The molecular weight excluding hydrogens is 354 g/mol. The molecule has 1 aliphatic heterocycles. The van der Waals surface area contributed by atoms with Crippen molar-refractivity contribution in [2.75, 3.05) is 20.8 Å². The SMILES string of the molecule is C=CC1=C(C(=O)NCc2ccc(C)cc2)C(c2ccc(OC)c(OC)c2)OC1. The number of ether oxygens (including phenoxy) is 3. The van der Waals surface area contributed by atoms with Gasteiger partial charge < -0.3 is 19.5 Å². The molecule has 2 aromatic carbocycles. The number of rotatable bonds is 7. The summed E-state index contributed by atoms with van der Waals surface area (Å²) in [5.41, 5.74) is 4.43. The van der Waals surface area contributed by atoms with Gasteiger partial charge in [0.05, 0.1) is 26.4 Å². The first-order valence-electron chi connectivity index (χ1n) is 9.10. The predicted molar refractivity (Wildman–Crippen MR) is 108 cm³/mol. The minimum Gasteiger partial charge on any atom is -0.493 e. The second-order valence-corrected chi connectivity index (χ2v) is 6.62. The molecule has 0 spiro atoms. The number of carbonyl (C=O) groups is 1. The summed E-state index contributed by atoms with van der Waals surface area (Å²) in [4.78, 5) is 13.0. The van der Waals surface area contributed by atoms with E-state index in [2.05, 4.69) is 11.9 Å². The lowest BCUT2D eigenvalue weighted by molar-refractivity contribution is -0.118. The van der Waals surface area contributed by atoms with Gasteiger partial charge in [-0.1, -0.05) is 48.6 Å². The molecular formula is C23H25NO4. The van der Waals surface area contributed by atoms with Crippen molar-refractivity contribution in [3.63, 3.8) is 0 Å². The van der Waals surface area contributed by atoms with E-state index in [0.717, 1.165) is 16.7 Å². The second-order valence-electron chi connectivity index (χ2n) is 6.62. The third-order valence-electron chi connectivity index (χ3n) is 4.79. The Hall–Kier alpha value is -3.05. The maximum Gasteiger partial charge on any atom is 0.250 e. The second kappa shape index (κ2) is 8.76. The Kier molecular flexibility index (Phi) is 6.16. The highest BCUT2D eigenvalue weighted by molar-refractivity contribution is 5.96. The predicted octanol–water partition coefficient (Wildman–Crippen LogP) is 3.88. The average Bonchev–Trinajstić information content (AvgIpc) is 3.16. The van der Waals surface area contributed by atoms with Gasteiger partial charge in [-0.25, -0.2) is 0 Å². The van der Waals surface area contributed by atoms with Crippen molar-refractivity contribution in [3.8, 4) is 11.5 Å². The molecule has 0 aliphatic carbocycles. The van der Waals surface area contributed by atoms with E-state index in [1.807, 2.05) is 49.4 Å². The van der Waals surface area contributed by atoms with Crippen LogP contribution in [0.25, 0.3) is 0 Å². The van der Waals surface area contributed by atoms with Gasteiger partial charge in [0.1, 0.15) is 6.10 Å². The number of carbonyl (C=O) groups excluding carboxylic acids is 1. The van der Waals surface area contributed by atoms with E-state index < -0.39 is 6.10 Å². The van der Waals surface area contributed by atoms with Crippen LogP contribution in [0, 0.1) is 6.92 Å². The van der Waals surface area contributed by atoms with Crippen molar-refractivity contribution in [2.45, 2.75) is 19.6 Å². The van der Waals surface area contributed by atoms with Gasteiger partial charge >= 0.3 is 0 Å². The van der Waals surface area contributed by atoms with Crippen molar-refractivity contribution in [1.29, 1.82) is 0 Å². The van der Waals surface area contributed by atoms with Crippen LogP contribution in [0.5, 0.6) is 11.5 Å². The van der Waals surface area contributed by atoms with Crippen molar-refractivity contribution in [1.82, 2.24) is 5.32 Å². The van der Waals surface area contributed by atoms with E-state index in [-0.39, 0.29) is 5.91 Å². The first-order valence-corrected chi connectivity index (χ1v) is 9.10. The van der Waals surface area contributed by atoms with E-state index >= 15 is 0 Å². The number of hydrogen-bond donors (Lipinski definition) is 1. The van der Waals surface area contributed by atoms with Crippen molar-refractivity contribution in [3.05, 3.63) is 83.0 Å². The van der Waals surface area contributed by atoms with Crippen LogP contribution >= 0.6 is 0 Å². The smallest absolute Gasteiger partial charge is 0.250 e. The molecule has 0 bridgehead atoms. The van der Waals surface area contributed by atoms with Gasteiger partial charge in [-0.15, -0.1) is 0 Å². The summed E-state index contributed by atoms with van der Waals surface area (Å²) in [6.07, 6.45) is 1.20. The Bertz CT molecular complexity index is 899. The largest absolute Gasteiger partial charge is 0.493 e. The minimum atomic E-state index is -0.481. The third kappa shape index (κ3) is 4.10. The summed E-state index contributed by atoms with van der Waals surface area (Å²) >= 11 is 0. The maximum atomic E-state index is 13.0. The zero-order chi connectivity index (χ0) is 20.1. The fourth-order valence-corrected chi connectivity index (χ4v) is 3.20. The van der Waals surface area contributed by atoms with E-state index in [9.17, 15) is 4.79 Å². The third-order valence-corrected chi connectivity index (χ3v) is 4.79. The average molecular weight is 379 g/mol. The van der Waals surface area contributed by atoms with Crippen LogP contribution in [0.4, 0.5) is 0 Å². The normalized spacial score (nSPS) is 16.0. The number of hydrogen-bond acceptors (Lipinski definition) is 4. The number of nitrogens with one attached hydrogen (secondary N) is 1. The minimum absolute atomic E-state index is 0.159. The lowest BCUT2D eigenvalue weighted by Gasteiger charge is -2.17. The van der Waals surface area contributed by atoms with Crippen molar-refractivity contribution >= 4 is 5.91 Å². The molecule has 3 rings (SSSR count). The van der Waals surface area contributed by atoms with Crippen LogP contribution in [0.3, 0.4) is 0 Å². The molecule has 0 saturated carbocycles. The molecule has 1 atom stereocenters. The monoisotopic (exact) mass is 379 g/mol. The van der Waals surface area contributed by atoms with E-state index in [0.29, 0.717) is 30.2 Å². The molecule has 146 valence electrons. The first-order chi connectivity index (χ1) is 13.6. The van der Waals surface area contributed by atoms with Crippen molar-refractivity contribution in [2.24, 2.45) is 0 Å². The molecule has 2 aromatic rings. The fraction of sp³-hybridized carbons (Fsp3) is 0.261. The molecule has 0 aromatic heterocycles. The Morgan fingerprint density at radius 3 is 2.54 bits per heavy atom. The molecule has 5 heteroatoms. The van der Waals surface area contributed by atoms with Gasteiger partial charge in [0.2, 0.25) is 0 Å². The van der Waals surface area contributed by atoms with Crippen molar-refractivity contribution < 1.29 is 19.0 Å². The Morgan fingerprint density at radius 2 is 1.89 bits per heavy atom. The van der Waals surface area contributed by atoms with Crippen LogP contribution in [0.15, 0.2) is 66.3 Å². The quantitative estimate of drug-likeness (QED) is 0.793. The topological polar surface area (TPSA) is 56.8 Å². The fourth-order valence-electron chi connectivity index (χ4n) is 3.20. The number of aryl methyl sites for hydroxylation is 1. The standard InChI is InChI=1S/C23H25NO4/c1-5-17-14-28-22(18-10-11-19(26-3)20(12-18)27-4)21(17)23(25)24-13-16-8-6-15(2)7-9-16/h5-12,22H,1,13-14H2,2-4H3,(H,24,25). The summed E-state index contributed by atoms with van der Waals surface area (Å²) in [5.74, 6) is 1.06. The molecule has 0 fully saturated rings. The highest BCUT2D eigenvalue weighted by Gasteiger charge is 2.32. The lowest BCUT2D eigenvalue weighted by Crippen LogP contribution is -2.27. The molecule has 1 unspecified atom stereocenters. The molecule has 5 nitrogen and oxygen atoms in total.